The van der Waals surface area contributed by atoms with Crippen LogP contribution < -0.4 is 5.32 Å². The molecule has 2 aliphatic carbocycles. The van der Waals surface area contributed by atoms with E-state index in [9.17, 15) is 9.18 Å². The SMILES string of the molecule is O=C(C[C@@H]1C[C@@H]2CC[C@@H]1C2)NCc1ccc(F)cc1. The summed E-state index contributed by atoms with van der Waals surface area (Å²) in [6.07, 6.45) is 5.95. The largest absolute Gasteiger partial charge is 0.352 e. The molecular formula is C16H20FNO. The van der Waals surface area contributed by atoms with E-state index < -0.39 is 0 Å². The quantitative estimate of drug-likeness (QED) is 0.885. The van der Waals surface area contributed by atoms with Gasteiger partial charge in [0.25, 0.3) is 0 Å². The molecule has 2 nitrogen and oxygen atoms in total. The van der Waals surface area contributed by atoms with Crippen molar-refractivity contribution in [2.24, 2.45) is 17.8 Å². The Labute approximate surface area is 113 Å². The summed E-state index contributed by atoms with van der Waals surface area (Å²) in [5.41, 5.74) is 0.947. The van der Waals surface area contributed by atoms with Gasteiger partial charge in [-0.15, -0.1) is 0 Å². The summed E-state index contributed by atoms with van der Waals surface area (Å²) < 4.78 is 12.8. The first kappa shape index (κ1) is 12.6. The molecule has 2 bridgehead atoms. The van der Waals surface area contributed by atoms with Crippen molar-refractivity contribution in [2.75, 3.05) is 0 Å². The van der Waals surface area contributed by atoms with E-state index in [0.29, 0.717) is 18.9 Å². The molecule has 102 valence electrons. The maximum absolute atomic E-state index is 12.8. The number of carbonyl (C=O) groups is 1. The molecule has 1 aromatic carbocycles. The molecule has 0 spiro atoms. The Kier molecular flexibility index (Phi) is 3.54. The molecule has 1 N–H and O–H groups in total. The average Bonchev–Trinajstić information content (AvgIpc) is 3.00. The molecule has 3 rings (SSSR count). The van der Waals surface area contributed by atoms with Crippen LogP contribution in [0.2, 0.25) is 0 Å². The van der Waals surface area contributed by atoms with Crippen molar-refractivity contribution >= 4 is 5.91 Å². The fraction of sp³-hybridized carbons (Fsp3) is 0.562. The normalized spacial score (nSPS) is 28.6. The van der Waals surface area contributed by atoms with E-state index in [-0.39, 0.29) is 11.7 Å². The highest BCUT2D eigenvalue weighted by molar-refractivity contribution is 5.76. The minimum atomic E-state index is -0.239. The highest BCUT2D eigenvalue weighted by Gasteiger charge is 2.39. The first-order chi connectivity index (χ1) is 9.20. The molecule has 0 aromatic heterocycles. The van der Waals surface area contributed by atoms with Gasteiger partial charge in [0.15, 0.2) is 0 Å². The third-order valence-electron chi connectivity index (χ3n) is 4.74. The minimum Gasteiger partial charge on any atom is -0.352 e. The molecule has 0 heterocycles. The smallest absolute Gasteiger partial charge is 0.220 e. The van der Waals surface area contributed by atoms with Gasteiger partial charge in [-0.1, -0.05) is 18.6 Å². The van der Waals surface area contributed by atoms with E-state index in [0.717, 1.165) is 17.4 Å². The number of hydrogen-bond acceptors (Lipinski definition) is 1. The number of rotatable bonds is 4. The zero-order chi connectivity index (χ0) is 13.2. The Morgan fingerprint density at radius 1 is 1.21 bits per heavy atom. The molecule has 1 aromatic rings. The zero-order valence-electron chi connectivity index (χ0n) is 11.1. The van der Waals surface area contributed by atoms with Crippen LogP contribution in [0.1, 0.15) is 37.7 Å². The molecule has 2 fully saturated rings. The van der Waals surface area contributed by atoms with E-state index in [1.807, 2.05) is 0 Å². The van der Waals surface area contributed by atoms with E-state index in [1.165, 1.54) is 37.8 Å². The molecule has 19 heavy (non-hydrogen) atoms. The molecule has 3 heteroatoms. The standard InChI is InChI=1S/C16H20FNO/c17-15-5-2-11(3-6-15)10-18-16(19)9-14-8-12-1-4-13(14)7-12/h2-3,5-6,12-14H,1,4,7-10H2,(H,18,19)/t12-,13-,14+/m1/s1. The van der Waals surface area contributed by atoms with Crippen LogP contribution in [-0.2, 0) is 11.3 Å². The average molecular weight is 261 g/mol. The van der Waals surface area contributed by atoms with E-state index >= 15 is 0 Å². The fourth-order valence-electron chi connectivity index (χ4n) is 3.74. The third-order valence-corrected chi connectivity index (χ3v) is 4.74. The Morgan fingerprint density at radius 3 is 2.63 bits per heavy atom. The van der Waals surface area contributed by atoms with Crippen LogP contribution in [0.5, 0.6) is 0 Å². The number of benzene rings is 1. The van der Waals surface area contributed by atoms with Crippen molar-refractivity contribution in [1.82, 2.24) is 5.32 Å². The number of halogens is 1. The van der Waals surface area contributed by atoms with Crippen molar-refractivity contribution in [3.8, 4) is 0 Å². The number of amides is 1. The van der Waals surface area contributed by atoms with Crippen LogP contribution >= 0.6 is 0 Å². The lowest BCUT2D eigenvalue weighted by atomic mass is 9.86. The Balaban J connectivity index is 1.45. The monoisotopic (exact) mass is 261 g/mol. The van der Waals surface area contributed by atoms with Gasteiger partial charge in [0.05, 0.1) is 0 Å². The molecule has 0 aliphatic heterocycles. The molecule has 0 saturated heterocycles. The summed E-state index contributed by atoms with van der Waals surface area (Å²) in [4.78, 5) is 11.9. The second-order valence-corrected chi connectivity index (χ2v) is 6.04. The molecular weight excluding hydrogens is 241 g/mol. The van der Waals surface area contributed by atoms with Crippen LogP contribution in [0.15, 0.2) is 24.3 Å². The highest BCUT2D eigenvalue weighted by Crippen LogP contribution is 2.49. The summed E-state index contributed by atoms with van der Waals surface area (Å²) in [6, 6.07) is 6.29. The molecule has 0 radical (unpaired) electrons. The zero-order valence-corrected chi connectivity index (χ0v) is 11.1. The lowest BCUT2D eigenvalue weighted by molar-refractivity contribution is -0.122. The first-order valence-corrected chi connectivity index (χ1v) is 7.22. The van der Waals surface area contributed by atoms with Gasteiger partial charge in [-0.3, -0.25) is 4.79 Å². The predicted octanol–water partition coefficient (Wildman–Crippen LogP) is 3.27. The molecule has 2 aliphatic rings. The van der Waals surface area contributed by atoms with Crippen LogP contribution in [0, 0.1) is 23.6 Å². The summed E-state index contributed by atoms with van der Waals surface area (Å²) in [7, 11) is 0. The summed E-state index contributed by atoms with van der Waals surface area (Å²) >= 11 is 0. The van der Waals surface area contributed by atoms with Crippen LogP contribution in [0.3, 0.4) is 0 Å². The third kappa shape index (κ3) is 2.96. The number of fused-ring (bicyclic) bond motifs is 2. The van der Waals surface area contributed by atoms with Gasteiger partial charge in [-0.2, -0.15) is 0 Å². The molecule has 1 amide bonds. The molecule has 0 unspecified atom stereocenters. The van der Waals surface area contributed by atoms with Crippen LogP contribution in [0.25, 0.3) is 0 Å². The second kappa shape index (κ2) is 5.32. The van der Waals surface area contributed by atoms with E-state index in [2.05, 4.69) is 5.32 Å². The van der Waals surface area contributed by atoms with Crippen molar-refractivity contribution in [1.29, 1.82) is 0 Å². The lowest BCUT2D eigenvalue weighted by Crippen LogP contribution is -2.26. The molecule has 3 atom stereocenters. The van der Waals surface area contributed by atoms with Crippen molar-refractivity contribution in [3.63, 3.8) is 0 Å². The number of hydrogen-bond donors (Lipinski definition) is 1. The van der Waals surface area contributed by atoms with Gasteiger partial charge in [0, 0.05) is 13.0 Å². The maximum atomic E-state index is 12.8. The number of carbonyl (C=O) groups excluding carboxylic acids is 1. The minimum absolute atomic E-state index is 0.141. The highest BCUT2D eigenvalue weighted by atomic mass is 19.1. The summed E-state index contributed by atoms with van der Waals surface area (Å²) in [6.45, 7) is 0.500. The van der Waals surface area contributed by atoms with Crippen molar-refractivity contribution in [2.45, 2.75) is 38.6 Å². The van der Waals surface area contributed by atoms with Crippen molar-refractivity contribution in [3.05, 3.63) is 35.6 Å². The number of nitrogens with one attached hydrogen (secondary N) is 1. The Hall–Kier alpha value is -1.38. The van der Waals surface area contributed by atoms with E-state index in [4.69, 9.17) is 0 Å². The maximum Gasteiger partial charge on any atom is 0.220 e. The van der Waals surface area contributed by atoms with Crippen LogP contribution in [-0.4, -0.2) is 5.91 Å². The topological polar surface area (TPSA) is 29.1 Å². The lowest BCUT2D eigenvalue weighted by Gasteiger charge is -2.20. The van der Waals surface area contributed by atoms with Gasteiger partial charge in [-0.05, 0) is 54.7 Å². The molecule has 2 saturated carbocycles. The van der Waals surface area contributed by atoms with Gasteiger partial charge in [0.1, 0.15) is 5.82 Å². The summed E-state index contributed by atoms with van der Waals surface area (Å²) in [5, 5.41) is 2.94. The van der Waals surface area contributed by atoms with Gasteiger partial charge < -0.3 is 5.32 Å². The van der Waals surface area contributed by atoms with Crippen molar-refractivity contribution < 1.29 is 9.18 Å². The first-order valence-electron chi connectivity index (χ1n) is 7.22. The Bertz CT molecular complexity index is 456. The predicted molar refractivity (Wildman–Crippen MR) is 71.8 cm³/mol. The van der Waals surface area contributed by atoms with Gasteiger partial charge in [-0.25, -0.2) is 4.39 Å². The van der Waals surface area contributed by atoms with Crippen LogP contribution in [0.4, 0.5) is 4.39 Å². The fourth-order valence-corrected chi connectivity index (χ4v) is 3.74. The summed E-state index contributed by atoms with van der Waals surface area (Å²) in [5.74, 6) is 2.19. The van der Waals surface area contributed by atoms with Gasteiger partial charge >= 0.3 is 0 Å². The Morgan fingerprint density at radius 2 is 2.00 bits per heavy atom. The van der Waals surface area contributed by atoms with Gasteiger partial charge in [0.2, 0.25) is 5.91 Å². The second-order valence-electron chi connectivity index (χ2n) is 6.04. The van der Waals surface area contributed by atoms with E-state index in [1.54, 1.807) is 12.1 Å².